The quantitative estimate of drug-likeness (QED) is 0.638. The lowest BCUT2D eigenvalue weighted by atomic mass is 10.3. The summed E-state index contributed by atoms with van der Waals surface area (Å²) >= 11 is 8.46. The number of nitrogens with one attached hydrogen (secondary N) is 1. The van der Waals surface area contributed by atoms with E-state index in [1.807, 2.05) is 6.07 Å². The van der Waals surface area contributed by atoms with Gasteiger partial charge in [-0.15, -0.1) is 10.2 Å². The SMILES string of the molecule is CC(C(=O)Nc1nc2ccc(Cl)cc2s1)n1c(N)nnc1SCC#N. The normalized spacial score (nSPS) is 12.0. The summed E-state index contributed by atoms with van der Waals surface area (Å²) in [6, 6.07) is 6.67. The van der Waals surface area contributed by atoms with Gasteiger partial charge in [0, 0.05) is 5.02 Å². The number of carbonyl (C=O) groups excluding carboxylic acids is 1. The fraction of sp³-hybridized carbons (Fsp3) is 0.214. The summed E-state index contributed by atoms with van der Waals surface area (Å²) in [4.78, 5) is 16.9. The maximum atomic E-state index is 12.6. The van der Waals surface area contributed by atoms with Gasteiger partial charge in [0.2, 0.25) is 11.9 Å². The molecule has 2 heterocycles. The van der Waals surface area contributed by atoms with Gasteiger partial charge in [-0.25, -0.2) is 4.98 Å². The van der Waals surface area contributed by atoms with Crippen LogP contribution >= 0.6 is 34.7 Å². The van der Waals surface area contributed by atoms with Crippen LogP contribution in [0.15, 0.2) is 23.4 Å². The number of rotatable bonds is 5. The highest BCUT2D eigenvalue weighted by molar-refractivity contribution is 7.99. The Morgan fingerprint density at radius 3 is 3.12 bits per heavy atom. The molecular weight excluding hydrogens is 382 g/mol. The molecule has 3 aromatic rings. The Morgan fingerprint density at radius 2 is 2.36 bits per heavy atom. The van der Waals surface area contributed by atoms with Crippen LogP contribution in [-0.4, -0.2) is 31.4 Å². The van der Waals surface area contributed by atoms with Crippen LogP contribution in [0.4, 0.5) is 11.1 Å². The Hall–Kier alpha value is -2.35. The van der Waals surface area contributed by atoms with Gasteiger partial charge in [-0.3, -0.25) is 9.36 Å². The number of thioether (sulfide) groups is 1. The van der Waals surface area contributed by atoms with Crippen molar-refractivity contribution >= 4 is 61.9 Å². The maximum absolute atomic E-state index is 12.6. The molecule has 1 unspecified atom stereocenters. The van der Waals surface area contributed by atoms with Gasteiger partial charge in [0.25, 0.3) is 0 Å². The molecule has 0 radical (unpaired) electrons. The van der Waals surface area contributed by atoms with E-state index in [1.165, 1.54) is 27.7 Å². The summed E-state index contributed by atoms with van der Waals surface area (Å²) in [7, 11) is 0. The lowest BCUT2D eigenvalue weighted by Gasteiger charge is -2.14. The molecule has 8 nitrogen and oxygen atoms in total. The fourth-order valence-corrected chi connectivity index (χ4v) is 3.95. The number of hydrogen-bond donors (Lipinski definition) is 2. The third-order valence-electron chi connectivity index (χ3n) is 3.30. The van der Waals surface area contributed by atoms with Crippen molar-refractivity contribution in [2.45, 2.75) is 18.1 Å². The second-order valence-electron chi connectivity index (χ2n) is 4.95. The zero-order chi connectivity index (χ0) is 18.0. The molecule has 1 atom stereocenters. The average Bonchev–Trinajstić information content (AvgIpc) is 3.14. The van der Waals surface area contributed by atoms with Crippen molar-refractivity contribution in [1.29, 1.82) is 5.26 Å². The van der Waals surface area contributed by atoms with Crippen molar-refractivity contribution in [2.24, 2.45) is 0 Å². The molecular formula is C14H12ClN7OS2. The van der Waals surface area contributed by atoms with Crippen molar-refractivity contribution in [2.75, 3.05) is 16.8 Å². The number of amides is 1. The van der Waals surface area contributed by atoms with E-state index >= 15 is 0 Å². The molecule has 11 heteroatoms. The zero-order valence-electron chi connectivity index (χ0n) is 12.9. The lowest BCUT2D eigenvalue weighted by molar-refractivity contribution is -0.118. The number of aromatic nitrogens is 4. The zero-order valence-corrected chi connectivity index (χ0v) is 15.3. The highest BCUT2D eigenvalue weighted by atomic mass is 35.5. The predicted molar refractivity (Wildman–Crippen MR) is 98.7 cm³/mol. The van der Waals surface area contributed by atoms with Crippen LogP contribution in [-0.2, 0) is 4.79 Å². The fourth-order valence-electron chi connectivity index (χ4n) is 2.13. The van der Waals surface area contributed by atoms with E-state index in [1.54, 1.807) is 25.1 Å². The summed E-state index contributed by atoms with van der Waals surface area (Å²) in [5.74, 6) is -0.0138. The number of halogens is 1. The summed E-state index contributed by atoms with van der Waals surface area (Å²) in [5.41, 5.74) is 6.56. The number of hydrogen-bond acceptors (Lipinski definition) is 8. The molecule has 2 aromatic heterocycles. The topological polar surface area (TPSA) is 123 Å². The van der Waals surface area contributed by atoms with E-state index in [2.05, 4.69) is 20.5 Å². The van der Waals surface area contributed by atoms with Gasteiger partial charge in [0.15, 0.2) is 10.3 Å². The molecule has 25 heavy (non-hydrogen) atoms. The number of fused-ring (bicyclic) bond motifs is 1. The van der Waals surface area contributed by atoms with Gasteiger partial charge < -0.3 is 11.1 Å². The number of carbonyl (C=O) groups is 1. The van der Waals surface area contributed by atoms with E-state index < -0.39 is 6.04 Å². The van der Waals surface area contributed by atoms with Gasteiger partial charge >= 0.3 is 0 Å². The van der Waals surface area contributed by atoms with E-state index in [4.69, 9.17) is 22.6 Å². The first-order chi connectivity index (χ1) is 12.0. The number of nitrogen functional groups attached to an aromatic ring is 1. The molecule has 0 spiro atoms. The Bertz CT molecular complexity index is 977. The van der Waals surface area contributed by atoms with Crippen molar-refractivity contribution in [1.82, 2.24) is 19.7 Å². The first-order valence-corrected chi connectivity index (χ1v) is 9.24. The number of thiazole rings is 1. The lowest BCUT2D eigenvalue weighted by Crippen LogP contribution is -2.25. The van der Waals surface area contributed by atoms with Crippen LogP contribution in [0.5, 0.6) is 0 Å². The summed E-state index contributed by atoms with van der Waals surface area (Å²) in [5, 5.41) is 20.6. The Labute approximate surface area is 156 Å². The van der Waals surface area contributed by atoms with Crippen LogP contribution < -0.4 is 11.1 Å². The van der Waals surface area contributed by atoms with Crippen molar-refractivity contribution in [3.63, 3.8) is 0 Å². The Kier molecular flexibility index (Phi) is 5.08. The number of nitrogens with two attached hydrogens (primary N) is 1. The minimum atomic E-state index is -0.660. The van der Waals surface area contributed by atoms with Gasteiger partial charge in [-0.1, -0.05) is 34.7 Å². The number of nitriles is 1. The molecule has 0 aliphatic rings. The average molecular weight is 394 g/mol. The third-order valence-corrected chi connectivity index (χ3v) is 5.28. The largest absolute Gasteiger partial charge is 0.368 e. The van der Waals surface area contributed by atoms with Crippen molar-refractivity contribution in [3.8, 4) is 6.07 Å². The molecule has 0 aliphatic heterocycles. The van der Waals surface area contributed by atoms with E-state index in [0.29, 0.717) is 15.3 Å². The van der Waals surface area contributed by atoms with Gasteiger partial charge in [0.1, 0.15) is 6.04 Å². The minimum Gasteiger partial charge on any atom is -0.368 e. The molecule has 3 rings (SSSR count). The summed E-state index contributed by atoms with van der Waals surface area (Å²) in [6.07, 6.45) is 0. The first kappa shape index (κ1) is 17.5. The maximum Gasteiger partial charge on any atom is 0.249 e. The van der Waals surface area contributed by atoms with Crippen LogP contribution in [0.3, 0.4) is 0 Å². The Morgan fingerprint density at radius 1 is 1.56 bits per heavy atom. The van der Waals surface area contributed by atoms with Crippen LogP contribution in [0.1, 0.15) is 13.0 Å². The summed E-state index contributed by atoms with van der Waals surface area (Å²) < 4.78 is 2.37. The van der Waals surface area contributed by atoms with Crippen LogP contribution in [0, 0.1) is 11.3 Å². The molecule has 0 saturated heterocycles. The molecule has 0 fully saturated rings. The van der Waals surface area contributed by atoms with Crippen LogP contribution in [0.2, 0.25) is 5.02 Å². The molecule has 0 bridgehead atoms. The van der Waals surface area contributed by atoms with Gasteiger partial charge in [0.05, 0.1) is 22.0 Å². The van der Waals surface area contributed by atoms with E-state index in [-0.39, 0.29) is 17.6 Å². The molecule has 3 N–H and O–H groups in total. The standard InChI is InChI=1S/C14H12ClN7OS2/c1-7(22-12(17)20-21-14(22)24-5-4-16)11(23)19-13-18-9-3-2-8(15)6-10(9)25-13/h2-3,6-7H,5H2,1H3,(H2,17,20)(H,18,19,23). The highest BCUT2D eigenvalue weighted by Crippen LogP contribution is 2.29. The van der Waals surface area contributed by atoms with Crippen molar-refractivity contribution in [3.05, 3.63) is 23.2 Å². The molecule has 1 amide bonds. The second-order valence-corrected chi connectivity index (χ2v) is 7.36. The number of anilines is 2. The second kappa shape index (κ2) is 7.26. The van der Waals surface area contributed by atoms with Crippen molar-refractivity contribution < 1.29 is 4.79 Å². The van der Waals surface area contributed by atoms with Crippen LogP contribution in [0.25, 0.3) is 10.2 Å². The summed E-state index contributed by atoms with van der Waals surface area (Å²) in [6.45, 7) is 1.68. The molecule has 0 saturated carbocycles. The van der Waals surface area contributed by atoms with Gasteiger partial charge in [-0.05, 0) is 25.1 Å². The smallest absolute Gasteiger partial charge is 0.249 e. The highest BCUT2D eigenvalue weighted by Gasteiger charge is 2.23. The van der Waals surface area contributed by atoms with E-state index in [9.17, 15) is 4.79 Å². The molecule has 0 aliphatic carbocycles. The first-order valence-electron chi connectivity index (χ1n) is 7.06. The third kappa shape index (κ3) is 3.68. The number of benzene rings is 1. The monoisotopic (exact) mass is 393 g/mol. The molecule has 128 valence electrons. The number of nitrogens with zero attached hydrogens (tertiary/aromatic N) is 5. The minimum absolute atomic E-state index is 0.110. The Balaban J connectivity index is 1.80. The van der Waals surface area contributed by atoms with E-state index in [0.717, 1.165) is 10.2 Å². The molecule has 1 aromatic carbocycles. The van der Waals surface area contributed by atoms with Gasteiger partial charge in [-0.2, -0.15) is 5.26 Å². The predicted octanol–water partition coefficient (Wildman–Crippen LogP) is 2.94.